The lowest BCUT2D eigenvalue weighted by atomic mass is 10.0. The van der Waals surface area contributed by atoms with Crippen LogP contribution in [-0.2, 0) is 0 Å². The molecule has 0 amide bonds. The first-order chi connectivity index (χ1) is 8.74. The van der Waals surface area contributed by atoms with Gasteiger partial charge in [0.25, 0.3) is 0 Å². The number of rotatable bonds is 6. The summed E-state index contributed by atoms with van der Waals surface area (Å²) in [6, 6.07) is -0.109. The standard InChI is InChI=1S/C13H23N3OS/c1-3-9-4-5-10(8-9)12-15-13(17-16-12)11(14)6-7-18-2/h9-11H,3-8,14H2,1-2H3/t9?,10?,11-/m1/s1. The highest BCUT2D eigenvalue weighted by Gasteiger charge is 2.28. The van der Waals surface area contributed by atoms with Crippen molar-refractivity contribution >= 4 is 11.8 Å². The van der Waals surface area contributed by atoms with Crippen LogP contribution in [0.2, 0.25) is 0 Å². The van der Waals surface area contributed by atoms with Gasteiger partial charge in [-0.25, -0.2) is 0 Å². The van der Waals surface area contributed by atoms with E-state index in [1.54, 1.807) is 11.8 Å². The molecule has 1 aliphatic rings. The van der Waals surface area contributed by atoms with E-state index >= 15 is 0 Å². The van der Waals surface area contributed by atoms with Crippen LogP contribution < -0.4 is 5.73 Å². The van der Waals surface area contributed by atoms with Crippen molar-refractivity contribution in [2.24, 2.45) is 11.7 Å². The van der Waals surface area contributed by atoms with Gasteiger partial charge in [-0.1, -0.05) is 18.5 Å². The van der Waals surface area contributed by atoms with E-state index in [1.807, 2.05) is 0 Å². The topological polar surface area (TPSA) is 64.9 Å². The molecule has 0 aliphatic heterocycles. The molecule has 1 saturated carbocycles. The van der Waals surface area contributed by atoms with Crippen LogP contribution in [0.5, 0.6) is 0 Å². The number of nitrogens with two attached hydrogens (primary N) is 1. The smallest absolute Gasteiger partial charge is 0.243 e. The third-order valence-corrected chi connectivity index (χ3v) is 4.54. The molecule has 1 aromatic rings. The Morgan fingerprint density at radius 3 is 3.00 bits per heavy atom. The van der Waals surface area contributed by atoms with Gasteiger partial charge < -0.3 is 10.3 Å². The van der Waals surface area contributed by atoms with E-state index in [1.165, 1.54) is 25.7 Å². The van der Waals surface area contributed by atoms with Crippen molar-refractivity contribution < 1.29 is 4.52 Å². The van der Waals surface area contributed by atoms with Gasteiger partial charge in [-0.3, -0.25) is 0 Å². The fraction of sp³-hybridized carbons (Fsp3) is 0.846. The van der Waals surface area contributed by atoms with Gasteiger partial charge in [0.1, 0.15) is 0 Å². The molecule has 0 bridgehead atoms. The molecular weight excluding hydrogens is 246 g/mol. The van der Waals surface area contributed by atoms with Crippen LogP contribution in [0.25, 0.3) is 0 Å². The minimum absolute atomic E-state index is 0.109. The zero-order valence-electron chi connectivity index (χ0n) is 11.3. The van der Waals surface area contributed by atoms with Crippen molar-refractivity contribution in [3.05, 3.63) is 11.7 Å². The molecule has 1 heterocycles. The maximum atomic E-state index is 6.04. The zero-order valence-corrected chi connectivity index (χ0v) is 12.1. The third-order valence-electron chi connectivity index (χ3n) is 3.89. The van der Waals surface area contributed by atoms with Gasteiger partial charge in [-0.05, 0) is 43.6 Å². The minimum Gasteiger partial charge on any atom is -0.338 e. The Balaban J connectivity index is 1.93. The monoisotopic (exact) mass is 269 g/mol. The summed E-state index contributed by atoms with van der Waals surface area (Å²) >= 11 is 1.79. The fourth-order valence-electron chi connectivity index (χ4n) is 2.61. The van der Waals surface area contributed by atoms with Gasteiger partial charge in [-0.2, -0.15) is 16.7 Å². The molecule has 102 valence electrons. The molecule has 2 rings (SSSR count). The summed E-state index contributed by atoms with van der Waals surface area (Å²) in [5.41, 5.74) is 6.04. The van der Waals surface area contributed by atoms with Gasteiger partial charge in [-0.15, -0.1) is 0 Å². The highest BCUT2D eigenvalue weighted by Crippen LogP contribution is 2.38. The maximum Gasteiger partial charge on any atom is 0.243 e. The van der Waals surface area contributed by atoms with E-state index in [0.717, 1.165) is 23.9 Å². The molecule has 0 saturated heterocycles. The van der Waals surface area contributed by atoms with Crippen LogP contribution in [0, 0.1) is 5.92 Å². The van der Waals surface area contributed by atoms with Crippen molar-refractivity contribution in [1.29, 1.82) is 0 Å². The van der Waals surface area contributed by atoms with Crippen molar-refractivity contribution in [3.63, 3.8) is 0 Å². The van der Waals surface area contributed by atoms with Crippen molar-refractivity contribution in [2.45, 2.75) is 51.0 Å². The fourth-order valence-corrected chi connectivity index (χ4v) is 3.10. The van der Waals surface area contributed by atoms with E-state index in [2.05, 4.69) is 23.3 Å². The number of hydrogen-bond acceptors (Lipinski definition) is 5. The SMILES string of the molecule is CCC1CCC(c2noc([C@H](N)CCSC)n2)C1. The third kappa shape index (κ3) is 3.26. The molecule has 3 atom stereocenters. The van der Waals surface area contributed by atoms with Crippen molar-refractivity contribution in [1.82, 2.24) is 10.1 Å². The lowest BCUT2D eigenvalue weighted by molar-refractivity contribution is 0.346. The Morgan fingerprint density at radius 2 is 2.33 bits per heavy atom. The van der Waals surface area contributed by atoms with Crippen molar-refractivity contribution in [2.75, 3.05) is 12.0 Å². The van der Waals surface area contributed by atoms with Crippen molar-refractivity contribution in [3.8, 4) is 0 Å². The highest BCUT2D eigenvalue weighted by atomic mass is 32.2. The largest absolute Gasteiger partial charge is 0.338 e. The maximum absolute atomic E-state index is 6.04. The Kier molecular flexibility index (Phi) is 5.06. The average molecular weight is 269 g/mol. The van der Waals surface area contributed by atoms with Gasteiger partial charge in [0.15, 0.2) is 5.82 Å². The van der Waals surface area contributed by atoms with E-state index in [0.29, 0.717) is 11.8 Å². The summed E-state index contributed by atoms with van der Waals surface area (Å²) in [7, 11) is 0. The molecule has 2 unspecified atom stereocenters. The Morgan fingerprint density at radius 1 is 1.50 bits per heavy atom. The zero-order chi connectivity index (χ0) is 13.0. The summed E-state index contributed by atoms with van der Waals surface area (Å²) in [5.74, 6) is 3.84. The number of nitrogens with zero attached hydrogens (tertiary/aromatic N) is 2. The van der Waals surface area contributed by atoms with Gasteiger partial charge >= 0.3 is 0 Å². The van der Waals surface area contributed by atoms with E-state index < -0.39 is 0 Å². The highest BCUT2D eigenvalue weighted by molar-refractivity contribution is 7.98. The quantitative estimate of drug-likeness (QED) is 0.859. The van der Waals surface area contributed by atoms with Crippen LogP contribution in [0.15, 0.2) is 4.52 Å². The second-order valence-electron chi connectivity index (χ2n) is 5.16. The molecular formula is C13H23N3OS. The lowest BCUT2D eigenvalue weighted by Crippen LogP contribution is -2.11. The molecule has 0 radical (unpaired) electrons. The molecule has 18 heavy (non-hydrogen) atoms. The Labute approximate surface area is 113 Å². The summed E-state index contributed by atoms with van der Waals surface area (Å²) in [5, 5.41) is 4.12. The van der Waals surface area contributed by atoms with Gasteiger partial charge in [0.05, 0.1) is 6.04 Å². The van der Waals surface area contributed by atoms with Crippen LogP contribution >= 0.6 is 11.8 Å². The number of hydrogen-bond donors (Lipinski definition) is 1. The first kappa shape index (κ1) is 13.9. The van der Waals surface area contributed by atoms with Crippen LogP contribution in [0.4, 0.5) is 0 Å². The predicted molar refractivity (Wildman–Crippen MR) is 74.6 cm³/mol. The Hall–Kier alpha value is -0.550. The molecule has 1 aromatic heterocycles. The lowest BCUT2D eigenvalue weighted by Gasteiger charge is -2.05. The Bertz CT molecular complexity index is 369. The van der Waals surface area contributed by atoms with Crippen LogP contribution in [-0.4, -0.2) is 22.1 Å². The summed E-state index contributed by atoms with van der Waals surface area (Å²) < 4.78 is 5.31. The normalized spacial score (nSPS) is 25.5. The number of thioether (sulfide) groups is 1. The minimum atomic E-state index is -0.109. The molecule has 4 nitrogen and oxygen atoms in total. The number of aromatic nitrogens is 2. The van der Waals surface area contributed by atoms with Crippen LogP contribution in [0.1, 0.15) is 62.7 Å². The molecule has 1 fully saturated rings. The van der Waals surface area contributed by atoms with E-state index in [-0.39, 0.29) is 6.04 Å². The molecule has 0 spiro atoms. The van der Waals surface area contributed by atoms with Gasteiger partial charge in [0.2, 0.25) is 5.89 Å². The first-order valence-electron chi connectivity index (χ1n) is 6.82. The molecule has 2 N–H and O–H groups in total. The van der Waals surface area contributed by atoms with E-state index in [4.69, 9.17) is 10.3 Å². The second kappa shape index (κ2) is 6.57. The average Bonchev–Trinajstić information content (AvgIpc) is 3.03. The summed E-state index contributed by atoms with van der Waals surface area (Å²) in [6.45, 7) is 2.26. The molecule has 5 heteroatoms. The summed E-state index contributed by atoms with van der Waals surface area (Å²) in [6.07, 6.45) is 7.92. The predicted octanol–water partition coefficient (Wildman–Crippen LogP) is 3.12. The first-order valence-corrected chi connectivity index (χ1v) is 8.22. The molecule has 0 aromatic carbocycles. The van der Waals surface area contributed by atoms with E-state index in [9.17, 15) is 0 Å². The summed E-state index contributed by atoms with van der Waals surface area (Å²) in [4.78, 5) is 4.50. The van der Waals surface area contributed by atoms with Crippen LogP contribution in [0.3, 0.4) is 0 Å². The molecule has 1 aliphatic carbocycles. The second-order valence-corrected chi connectivity index (χ2v) is 6.15. The van der Waals surface area contributed by atoms with Gasteiger partial charge in [0, 0.05) is 5.92 Å².